The van der Waals surface area contributed by atoms with Gasteiger partial charge in [0.05, 0.1) is 23.0 Å². The zero-order valence-electron chi connectivity index (χ0n) is 8.79. The van der Waals surface area contributed by atoms with Crippen molar-refractivity contribution in [3.8, 4) is 6.07 Å². The van der Waals surface area contributed by atoms with Gasteiger partial charge < -0.3 is 11.1 Å². The van der Waals surface area contributed by atoms with Crippen molar-refractivity contribution in [2.45, 2.75) is 6.04 Å². The lowest BCUT2D eigenvalue weighted by molar-refractivity contribution is 0.605. The molecule has 0 spiro atoms. The summed E-state index contributed by atoms with van der Waals surface area (Å²) in [4.78, 5) is 3.97. The molecule has 88 valence electrons. The van der Waals surface area contributed by atoms with Gasteiger partial charge in [-0.15, -0.1) is 0 Å². The molecule has 0 aromatic carbocycles. The summed E-state index contributed by atoms with van der Waals surface area (Å²) < 4.78 is 22.4. The Bertz CT molecular complexity index is 616. The van der Waals surface area contributed by atoms with Crippen LogP contribution in [0.25, 0.3) is 0 Å². The van der Waals surface area contributed by atoms with Gasteiger partial charge in [0.1, 0.15) is 11.9 Å². The molecule has 1 unspecified atom stereocenters. The highest BCUT2D eigenvalue weighted by molar-refractivity contribution is 7.94. The smallest absolute Gasteiger partial charge is 0.173 e. The lowest BCUT2D eigenvalue weighted by Crippen LogP contribution is -2.22. The Morgan fingerprint density at radius 2 is 2.35 bits per heavy atom. The molecule has 1 atom stereocenters. The van der Waals surface area contributed by atoms with Gasteiger partial charge in [-0.2, -0.15) is 5.26 Å². The maximum atomic E-state index is 11.2. The van der Waals surface area contributed by atoms with Crippen LogP contribution in [0.5, 0.6) is 0 Å². The summed E-state index contributed by atoms with van der Waals surface area (Å²) in [6, 6.07) is 3.08. The molecule has 0 saturated carbocycles. The minimum Gasteiger partial charge on any atom is -0.396 e. The van der Waals surface area contributed by atoms with Gasteiger partial charge >= 0.3 is 0 Å². The van der Waals surface area contributed by atoms with E-state index in [9.17, 15) is 8.42 Å². The van der Waals surface area contributed by atoms with E-state index in [-0.39, 0.29) is 11.8 Å². The number of pyridine rings is 1. The third-order valence-electron chi connectivity index (χ3n) is 2.30. The fourth-order valence-corrected chi connectivity index (χ4v) is 2.74. The van der Waals surface area contributed by atoms with Crippen LogP contribution >= 0.6 is 0 Å². The molecule has 1 aliphatic heterocycles. The fourth-order valence-electron chi connectivity index (χ4n) is 1.50. The first-order chi connectivity index (χ1) is 8.00. The number of nitriles is 1. The van der Waals surface area contributed by atoms with Gasteiger partial charge in [-0.1, -0.05) is 0 Å². The quantitative estimate of drug-likeness (QED) is 0.779. The van der Waals surface area contributed by atoms with Crippen LogP contribution in [-0.2, 0) is 9.84 Å². The molecule has 0 radical (unpaired) electrons. The summed E-state index contributed by atoms with van der Waals surface area (Å²) in [6.07, 6.45) is 2.93. The monoisotopic (exact) mass is 250 g/mol. The molecular formula is C10H10N4O2S. The zero-order chi connectivity index (χ0) is 12.5. The van der Waals surface area contributed by atoms with Crippen LogP contribution in [0.4, 0.5) is 11.5 Å². The van der Waals surface area contributed by atoms with Crippen LogP contribution in [-0.4, -0.2) is 25.2 Å². The maximum absolute atomic E-state index is 11.2. The Hall–Kier alpha value is -2.07. The molecular weight excluding hydrogens is 240 g/mol. The van der Waals surface area contributed by atoms with E-state index in [0.29, 0.717) is 17.1 Å². The Labute approximate surface area is 98.7 Å². The van der Waals surface area contributed by atoms with Crippen molar-refractivity contribution in [2.75, 3.05) is 16.8 Å². The van der Waals surface area contributed by atoms with E-state index in [2.05, 4.69) is 10.3 Å². The van der Waals surface area contributed by atoms with Crippen molar-refractivity contribution in [2.24, 2.45) is 0 Å². The van der Waals surface area contributed by atoms with Crippen molar-refractivity contribution < 1.29 is 8.42 Å². The van der Waals surface area contributed by atoms with Crippen LogP contribution in [0.15, 0.2) is 23.7 Å². The van der Waals surface area contributed by atoms with E-state index in [4.69, 9.17) is 11.0 Å². The highest BCUT2D eigenvalue weighted by Crippen LogP contribution is 2.19. The van der Waals surface area contributed by atoms with E-state index < -0.39 is 9.84 Å². The van der Waals surface area contributed by atoms with Gasteiger partial charge in [0, 0.05) is 11.6 Å². The first-order valence-corrected chi connectivity index (χ1v) is 6.55. The van der Waals surface area contributed by atoms with E-state index >= 15 is 0 Å². The number of anilines is 2. The molecule has 17 heavy (non-hydrogen) atoms. The van der Waals surface area contributed by atoms with Crippen molar-refractivity contribution in [1.29, 1.82) is 5.26 Å². The van der Waals surface area contributed by atoms with Crippen LogP contribution < -0.4 is 11.1 Å². The third-order valence-corrected chi connectivity index (χ3v) is 3.69. The van der Waals surface area contributed by atoms with Crippen molar-refractivity contribution >= 4 is 21.3 Å². The lowest BCUT2D eigenvalue weighted by atomic mass is 10.2. The largest absolute Gasteiger partial charge is 0.396 e. The average Bonchev–Trinajstić information content (AvgIpc) is 2.61. The van der Waals surface area contributed by atoms with E-state index in [1.54, 1.807) is 6.08 Å². The van der Waals surface area contributed by atoms with Crippen LogP contribution in [0.1, 0.15) is 5.56 Å². The van der Waals surface area contributed by atoms with Gasteiger partial charge in [-0.25, -0.2) is 13.4 Å². The molecule has 1 aromatic rings. The molecule has 0 aliphatic carbocycles. The van der Waals surface area contributed by atoms with Crippen molar-refractivity contribution in [3.63, 3.8) is 0 Å². The first-order valence-electron chi connectivity index (χ1n) is 4.83. The minimum atomic E-state index is -3.11. The topological polar surface area (TPSA) is 109 Å². The summed E-state index contributed by atoms with van der Waals surface area (Å²) in [5, 5.41) is 12.7. The van der Waals surface area contributed by atoms with Gasteiger partial charge in [0.2, 0.25) is 0 Å². The van der Waals surface area contributed by atoms with Crippen molar-refractivity contribution in [3.05, 3.63) is 29.3 Å². The molecule has 0 bridgehead atoms. The Morgan fingerprint density at radius 1 is 1.59 bits per heavy atom. The number of nitrogens with zero attached hydrogens (tertiary/aromatic N) is 2. The number of nitrogens with two attached hydrogens (primary N) is 1. The number of hydrogen-bond acceptors (Lipinski definition) is 6. The van der Waals surface area contributed by atoms with Gasteiger partial charge in [-0.05, 0) is 12.1 Å². The van der Waals surface area contributed by atoms with Gasteiger partial charge in [0.15, 0.2) is 9.84 Å². The summed E-state index contributed by atoms with van der Waals surface area (Å²) >= 11 is 0. The van der Waals surface area contributed by atoms with Crippen LogP contribution in [0, 0.1) is 11.3 Å². The molecule has 0 saturated heterocycles. The standard InChI is InChI=1S/C10H10N4O2S/c11-4-7-3-9(12)10(13-5-7)14-8-1-2-17(15,16)6-8/h1-3,5,8H,6,12H2,(H,13,14). The van der Waals surface area contributed by atoms with Crippen LogP contribution in [0.3, 0.4) is 0 Å². The van der Waals surface area contributed by atoms with E-state index in [0.717, 1.165) is 0 Å². The Balaban J connectivity index is 2.16. The number of hydrogen-bond donors (Lipinski definition) is 2. The second-order valence-electron chi connectivity index (χ2n) is 3.68. The molecule has 1 aromatic heterocycles. The normalized spacial score (nSPS) is 21.0. The molecule has 7 heteroatoms. The second-order valence-corrected chi connectivity index (χ2v) is 5.61. The Morgan fingerprint density at radius 3 is 2.88 bits per heavy atom. The summed E-state index contributed by atoms with van der Waals surface area (Å²) in [5.41, 5.74) is 6.38. The van der Waals surface area contributed by atoms with Gasteiger partial charge in [0.25, 0.3) is 0 Å². The number of aromatic nitrogens is 1. The zero-order valence-corrected chi connectivity index (χ0v) is 9.61. The first kappa shape index (κ1) is 11.4. The Kier molecular flexibility index (Phi) is 2.73. The molecule has 6 nitrogen and oxygen atoms in total. The van der Waals surface area contributed by atoms with E-state index in [1.807, 2.05) is 6.07 Å². The third kappa shape index (κ3) is 2.54. The molecule has 0 fully saturated rings. The van der Waals surface area contributed by atoms with Crippen molar-refractivity contribution in [1.82, 2.24) is 4.98 Å². The molecule has 0 amide bonds. The maximum Gasteiger partial charge on any atom is 0.173 e. The summed E-state index contributed by atoms with van der Waals surface area (Å²) in [5.74, 6) is 0.379. The fraction of sp³-hybridized carbons (Fsp3) is 0.200. The number of rotatable bonds is 2. The predicted octanol–water partition coefficient (Wildman–Crippen LogP) is 0.258. The van der Waals surface area contributed by atoms with E-state index in [1.165, 1.54) is 17.7 Å². The number of nitrogens with one attached hydrogen (secondary N) is 1. The van der Waals surface area contributed by atoms with Crippen LogP contribution in [0.2, 0.25) is 0 Å². The molecule has 2 heterocycles. The lowest BCUT2D eigenvalue weighted by Gasteiger charge is -2.12. The highest BCUT2D eigenvalue weighted by Gasteiger charge is 2.22. The molecule has 2 rings (SSSR count). The average molecular weight is 250 g/mol. The highest BCUT2D eigenvalue weighted by atomic mass is 32.2. The number of sulfone groups is 1. The molecule has 1 aliphatic rings. The summed E-state index contributed by atoms with van der Waals surface area (Å²) in [6.45, 7) is 0. The second kappa shape index (κ2) is 4.07. The number of nitrogen functional groups attached to an aromatic ring is 1. The predicted molar refractivity (Wildman–Crippen MR) is 63.7 cm³/mol. The minimum absolute atomic E-state index is 0.00583. The SMILES string of the molecule is N#Cc1cnc(NC2C=CS(=O)(=O)C2)c(N)c1. The van der Waals surface area contributed by atoms with Gasteiger partial charge in [-0.3, -0.25) is 0 Å². The molecule has 3 N–H and O–H groups in total. The summed E-state index contributed by atoms with van der Waals surface area (Å²) in [7, 11) is -3.11.